The molecule has 0 aliphatic heterocycles. The molecule has 3 atom stereocenters. The van der Waals surface area contributed by atoms with Crippen LogP contribution in [0.2, 0.25) is 0 Å². The predicted molar refractivity (Wildman–Crippen MR) is 214 cm³/mol. The minimum Gasteiger partial charge on any atom is -0.556 e. The quantitative estimate of drug-likeness (QED) is 0.164. The van der Waals surface area contributed by atoms with E-state index < -0.39 is 43.8 Å². The number of hydrogen-bond acceptors (Lipinski definition) is 9. The van der Waals surface area contributed by atoms with E-state index in [1.54, 1.807) is 62.3 Å². The van der Waals surface area contributed by atoms with Crippen molar-refractivity contribution in [2.75, 3.05) is 0 Å². The van der Waals surface area contributed by atoms with Gasteiger partial charge in [0, 0.05) is 46.2 Å². The Morgan fingerprint density at radius 2 is 0.636 bits per heavy atom. The second-order valence-electron chi connectivity index (χ2n) is 19.6. The minimum atomic E-state index is -0.867. The molecule has 308 valence electrons. The third kappa shape index (κ3) is 14.3. The van der Waals surface area contributed by atoms with Gasteiger partial charge in [-0.1, -0.05) is 94.6 Å². The summed E-state index contributed by atoms with van der Waals surface area (Å²) in [6, 6.07) is 11.9. The smallest absolute Gasteiger partial charge is 0.202 e. The highest BCUT2D eigenvalue weighted by Gasteiger charge is 2.31. The maximum absolute atomic E-state index is 13.5. The Bertz CT molecular complexity index is 1660. The van der Waals surface area contributed by atoms with Gasteiger partial charge in [0.1, 0.15) is 16.8 Å². The van der Waals surface area contributed by atoms with E-state index in [1.165, 1.54) is 0 Å². The van der Waals surface area contributed by atoms with Crippen molar-refractivity contribution >= 4 is 0 Å². The summed E-state index contributed by atoms with van der Waals surface area (Å²) < 4.78 is 0. The van der Waals surface area contributed by atoms with Crippen LogP contribution in [0.15, 0.2) is 36.4 Å². The third-order valence-corrected chi connectivity index (χ3v) is 8.11. The molecule has 3 rings (SSSR count). The first-order valence-electron chi connectivity index (χ1n) is 18.9. The Morgan fingerprint density at radius 1 is 0.400 bits per heavy atom. The largest absolute Gasteiger partial charge is 0.556 e. The molecule has 3 N–H and O–H groups in total. The van der Waals surface area contributed by atoms with E-state index in [2.05, 4.69) is 41.5 Å². The highest BCUT2D eigenvalue weighted by Crippen LogP contribution is 2.40. The molecule has 0 spiro atoms. The molecule has 0 bridgehead atoms. The molecule has 0 heterocycles. The van der Waals surface area contributed by atoms with Gasteiger partial charge in [0.25, 0.3) is 0 Å². The van der Waals surface area contributed by atoms with E-state index >= 15 is 0 Å². The summed E-state index contributed by atoms with van der Waals surface area (Å²) in [5.41, 5.74) is 4.10. The van der Waals surface area contributed by atoms with Crippen molar-refractivity contribution in [3.8, 4) is 17.2 Å². The fourth-order valence-corrected chi connectivity index (χ4v) is 6.11. The van der Waals surface area contributed by atoms with Crippen LogP contribution in [0.3, 0.4) is 0 Å². The molecule has 55 heavy (non-hydrogen) atoms. The van der Waals surface area contributed by atoms with E-state index in [9.17, 15) is 15.6 Å². The van der Waals surface area contributed by atoms with Crippen LogP contribution >= 0.6 is 0 Å². The van der Waals surface area contributed by atoms with E-state index in [4.69, 9.17) is 29.0 Å². The standard InChI is InChI=1S/C43H67N3O9/c1-27-19-30(25-32-21-28(2)23-34(39(4,5)6)37(32)51-45(48)54-42(13,14)15)36(50-44(47)53-41(10,11)12)31(20-27)26-33-22-29(3)24-35(40(7,8)9)38(33)52-46(49)55-43(16,17)18/h19-24,44-46H,25-26H2,1-18H3. The first-order valence-corrected chi connectivity index (χ1v) is 18.9. The molecule has 0 aliphatic carbocycles. The van der Waals surface area contributed by atoms with Crippen LogP contribution < -0.4 is 30.7 Å². The van der Waals surface area contributed by atoms with Gasteiger partial charge in [-0.15, -0.1) is 0 Å². The van der Waals surface area contributed by atoms with E-state index in [1.807, 2.05) is 57.2 Å². The summed E-state index contributed by atoms with van der Waals surface area (Å²) in [6.07, 6.45) is 0.468. The summed E-state index contributed by atoms with van der Waals surface area (Å²) in [7, 11) is 0. The maximum atomic E-state index is 13.5. The van der Waals surface area contributed by atoms with Crippen molar-refractivity contribution in [3.05, 3.63) is 102 Å². The lowest BCUT2D eigenvalue weighted by molar-refractivity contribution is -1.19. The molecular formula is C43H67N3O9. The predicted octanol–water partition coefficient (Wildman–Crippen LogP) is 6.61. The second kappa shape index (κ2) is 17.1. The van der Waals surface area contributed by atoms with E-state index in [0.717, 1.165) is 27.8 Å². The Morgan fingerprint density at radius 3 is 0.891 bits per heavy atom. The number of hydrogen-bond donors (Lipinski definition) is 3. The summed E-state index contributed by atoms with van der Waals surface area (Å²) in [6.45, 7) is 34.3. The maximum Gasteiger partial charge on any atom is 0.202 e. The normalized spacial score (nSPS) is 14.8. The monoisotopic (exact) mass is 769 g/mol. The van der Waals surface area contributed by atoms with Gasteiger partial charge in [-0.3, -0.25) is 14.5 Å². The van der Waals surface area contributed by atoms with Crippen LogP contribution in [0.4, 0.5) is 0 Å². The Balaban J connectivity index is 2.33. The zero-order chi connectivity index (χ0) is 42.1. The van der Waals surface area contributed by atoms with Crippen LogP contribution in [0.5, 0.6) is 17.2 Å². The summed E-state index contributed by atoms with van der Waals surface area (Å²) in [5, 5.41) is 37.4. The zero-order valence-corrected chi connectivity index (χ0v) is 36.6. The fraction of sp³-hybridized carbons (Fsp3) is 0.581. The van der Waals surface area contributed by atoms with Crippen LogP contribution in [-0.4, -0.2) is 16.8 Å². The average Bonchev–Trinajstić information content (AvgIpc) is 2.93. The Kier molecular flexibility index (Phi) is 14.3. The molecule has 3 aromatic rings. The molecular weight excluding hydrogens is 702 g/mol. The summed E-state index contributed by atoms with van der Waals surface area (Å²) >= 11 is 0. The molecule has 0 aromatic heterocycles. The Hall–Kier alpha value is -3.30. The van der Waals surface area contributed by atoms with Crippen LogP contribution in [0, 0.1) is 36.4 Å². The SMILES string of the molecule is Cc1cc(Cc2cc(C)cc(C(C)(C)C)c2O[NH+]([O-])OC(C)(C)C)c(O[NH+]([O-])OC(C)(C)C)c(Cc2cc(C)cc(C(C)(C)C)c2O[NH+]([O-])OC(C)(C)C)c1. The van der Waals surface area contributed by atoms with Crippen LogP contribution in [-0.2, 0) is 38.2 Å². The van der Waals surface area contributed by atoms with Crippen molar-refractivity contribution in [3.63, 3.8) is 0 Å². The lowest BCUT2D eigenvalue weighted by Crippen LogP contribution is -3.09. The molecule has 0 radical (unpaired) electrons. The molecule has 0 fully saturated rings. The Labute approximate surface area is 329 Å². The minimum absolute atomic E-state index is 0.234. The molecule has 0 saturated heterocycles. The average molecular weight is 770 g/mol. The number of nitrogens with one attached hydrogen (secondary N) is 3. The van der Waals surface area contributed by atoms with E-state index in [-0.39, 0.29) is 12.8 Å². The number of aryl methyl sites for hydroxylation is 3. The molecule has 3 aromatic carbocycles. The van der Waals surface area contributed by atoms with Gasteiger partial charge in [0.2, 0.25) is 17.2 Å². The van der Waals surface area contributed by atoms with Gasteiger partial charge in [0.05, 0.1) is 0 Å². The number of quaternary nitrogens is 3. The van der Waals surface area contributed by atoms with Crippen molar-refractivity contribution in [2.45, 2.75) is 165 Å². The molecule has 12 nitrogen and oxygen atoms in total. The van der Waals surface area contributed by atoms with Crippen LogP contribution in [0.25, 0.3) is 0 Å². The topological polar surface area (TPSA) is 138 Å². The third-order valence-electron chi connectivity index (χ3n) is 8.11. The molecule has 3 unspecified atom stereocenters. The van der Waals surface area contributed by atoms with Gasteiger partial charge in [0.15, 0.2) is 0 Å². The van der Waals surface area contributed by atoms with Gasteiger partial charge in [-0.25, -0.2) is 0 Å². The molecule has 0 saturated carbocycles. The van der Waals surface area contributed by atoms with Crippen molar-refractivity contribution in [1.82, 2.24) is 0 Å². The van der Waals surface area contributed by atoms with E-state index in [0.29, 0.717) is 39.5 Å². The number of rotatable bonds is 13. The van der Waals surface area contributed by atoms with Gasteiger partial charge in [-0.2, -0.15) is 14.5 Å². The zero-order valence-electron chi connectivity index (χ0n) is 36.6. The summed E-state index contributed by atoms with van der Waals surface area (Å²) in [5.74, 6) is 1.07. The first-order chi connectivity index (χ1) is 24.8. The molecule has 0 amide bonds. The highest BCUT2D eigenvalue weighted by atomic mass is 17.1. The van der Waals surface area contributed by atoms with Crippen LogP contribution in [0.1, 0.15) is 154 Å². The molecule has 12 heteroatoms. The van der Waals surface area contributed by atoms with Gasteiger partial charge >= 0.3 is 0 Å². The highest BCUT2D eigenvalue weighted by molar-refractivity contribution is 5.55. The first kappa shape index (κ1) is 46.1. The van der Waals surface area contributed by atoms with Crippen molar-refractivity contribution in [2.24, 2.45) is 0 Å². The second-order valence-corrected chi connectivity index (χ2v) is 19.6. The fourth-order valence-electron chi connectivity index (χ4n) is 6.11. The van der Waals surface area contributed by atoms with Gasteiger partial charge in [-0.05, 0) is 110 Å². The molecule has 0 aliphatic rings. The lowest BCUT2D eigenvalue weighted by atomic mass is 9.82. The number of benzene rings is 3. The van der Waals surface area contributed by atoms with Crippen molar-refractivity contribution in [1.29, 1.82) is 0 Å². The van der Waals surface area contributed by atoms with Crippen molar-refractivity contribution < 1.29 is 45.2 Å². The summed E-state index contributed by atoms with van der Waals surface area (Å²) in [4.78, 5) is 35.1. The lowest BCUT2D eigenvalue weighted by Gasteiger charge is -2.30. The van der Waals surface area contributed by atoms with Gasteiger partial charge < -0.3 is 15.6 Å².